The molecule has 0 bridgehead atoms. The molecule has 0 atom stereocenters. The first-order valence-electron chi connectivity index (χ1n) is 8.82. The van der Waals surface area contributed by atoms with Crippen LogP contribution in [0.5, 0.6) is 0 Å². The van der Waals surface area contributed by atoms with E-state index in [1.54, 1.807) is 6.20 Å². The largest absolute Gasteiger partial charge is 0.378 e. The van der Waals surface area contributed by atoms with Crippen molar-refractivity contribution in [1.82, 2.24) is 14.5 Å². The molecule has 0 spiro atoms. The molecule has 0 fully saturated rings. The molecule has 27 heavy (non-hydrogen) atoms. The number of rotatable bonds is 5. The second kappa shape index (κ2) is 6.99. The third kappa shape index (κ3) is 3.29. The average molecular weight is 358 g/mol. The Hall–Kier alpha value is -3.54. The van der Waals surface area contributed by atoms with E-state index in [1.807, 2.05) is 57.5 Å². The van der Waals surface area contributed by atoms with Crippen molar-refractivity contribution in [3.63, 3.8) is 0 Å². The molecule has 4 rings (SSSR count). The minimum absolute atomic E-state index is 0.776. The number of imidazole rings is 1. The molecule has 0 radical (unpaired) electrons. The van der Waals surface area contributed by atoms with Gasteiger partial charge in [0.25, 0.3) is 0 Å². The van der Waals surface area contributed by atoms with Crippen molar-refractivity contribution in [2.45, 2.75) is 0 Å². The van der Waals surface area contributed by atoms with Crippen molar-refractivity contribution in [3.8, 4) is 5.69 Å². The van der Waals surface area contributed by atoms with Gasteiger partial charge in [-0.15, -0.1) is 0 Å². The Morgan fingerprint density at radius 1 is 0.963 bits per heavy atom. The quantitative estimate of drug-likeness (QED) is 0.558. The van der Waals surface area contributed by atoms with Crippen molar-refractivity contribution in [3.05, 3.63) is 66.9 Å². The number of fused-ring (bicyclic) bond motifs is 1. The fourth-order valence-electron chi connectivity index (χ4n) is 3.07. The number of nitrogens with one attached hydrogen (secondary N) is 2. The van der Waals surface area contributed by atoms with Gasteiger partial charge in [0.05, 0.1) is 11.7 Å². The lowest BCUT2D eigenvalue weighted by molar-refractivity contribution is 1.09. The number of nitrogens with zero attached hydrogens (tertiary/aromatic N) is 4. The molecule has 2 N–H and O–H groups in total. The Kier molecular flexibility index (Phi) is 4.38. The van der Waals surface area contributed by atoms with Gasteiger partial charge in [-0.1, -0.05) is 24.3 Å². The van der Waals surface area contributed by atoms with Crippen LogP contribution in [0.1, 0.15) is 0 Å². The lowest BCUT2D eigenvalue weighted by Crippen LogP contribution is -2.08. The maximum atomic E-state index is 4.65. The Morgan fingerprint density at radius 3 is 2.52 bits per heavy atom. The third-order valence-corrected chi connectivity index (χ3v) is 4.41. The molecule has 2 heterocycles. The number of para-hydroxylation sites is 1. The predicted octanol–water partition coefficient (Wildman–Crippen LogP) is 4.27. The van der Waals surface area contributed by atoms with E-state index in [9.17, 15) is 0 Å². The molecule has 4 aromatic rings. The number of pyridine rings is 1. The molecule has 0 amide bonds. The van der Waals surface area contributed by atoms with E-state index in [-0.39, 0.29) is 0 Å². The zero-order valence-corrected chi connectivity index (χ0v) is 15.6. The van der Waals surface area contributed by atoms with E-state index in [4.69, 9.17) is 0 Å². The van der Waals surface area contributed by atoms with Gasteiger partial charge in [0.15, 0.2) is 0 Å². The molecular weight excluding hydrogens is 336 g/mol. The van der Waals surface area contributed by atoms with Crippen molar-refractivity contribution >= 4 is 34.2 Å². The molecule has 0 saturated heterocycles. The summed E-state index contributed by atoms with van der Waals surface area (Å²) in [5.74, 6) is 1.56. The van der Waals surface area contributed by atoms with Gasteiger partial charge in [-0.25, -0.2) is 9.97 Å². The van der Waals surface area contributed by atoms with Crippen LogP contribution in [0.4, 0.5) is 23.1 Å². The van der Waals surface area contributed by atoms with E-state index in [2.05, 4.69) is 54.3 Å². The van der Waals surface area contributed by atoms with E-state index in [1.165, 1.54) is 0 Å². The third-order valence-electron chi connectivity index (χ3n) is 4.41. The molecule has 2 aromatic heterocycles. The monoisotopic (exact) mass is 358 g/mol. The van der Waals surface area contributed by atoms with Gasteiger partial charge in [0.2, 0.25) is 5.95 Å². The number of anilines is 4. The molecule has 6 heteroatoms. The van der Waals surface area contributed by atoms with Crippen LogP contribution in [0.25, 0.3) is 16.7 Å². The summed E-state index contributed by atoms with van der Waals surface area (Å²) < 4.78 is 2.10. The van der Waals surface area contributed by atoms with Crippen LogP contribution in [0.3, 0.4) is 0 Å². The highest BCUT2D eigenvalue weighted by Crippen LogP contribution is 2.27. The molecule has 136 valence electrons. The minimum Gasteiger partial charge on any atom is -0.378 e. The fraction of sp³-hybridized carbons (Fsp3) is 0.143. The Bertz CT molecular complexity index is 1070. The molecule has 2 aromatic carbocycles. The zero-order chi connectivity index (χ0) is 18.8. The van der Waals surface area contributed by atoms with Gasteiger partial charge in [-0.2, -0.15) is 0 Å². The van der Waals surface area contributed by atoms with E-state index in [0.717, 1.165) is 39.9 Å². The number of aromatic nitrogens is 3. The van der Waals surface area contributed by atoms with Crippen molar-refractivity contribution < 1.29 is 0 Å². The van der Waals surface area contributed by atoms with Crippen molar-refractivity contribution in [2.75, 3.05) is 36.7 Å². The van der Waals surface area contributed by atoms with Crippen LogP contribution >= 0.6 is 0 Å². The minimum atomic E-state index is 0.776. The topological polar surface area (TPSA) is 58.0 Å². The highest BCUT2D eigenvalue weighted by Gasteiger charge is 2.12. The van der Waals surface area contributed by atoms with Gasteiger partial charge in [0.1, 0.15) is 11.3 Å². The maximum absolute atomic E-state index is 4.65. The Morgan fingerprint density at radius 2 is 1.78 bits per heavy atom. The smallest absolute Gasteiger partial charge is 0.208 e. The maximum Gasteiger partial charge on any atom is 0.208 e. The normalized spacial score (nSPS) is 10.8. The van der Waals surface area contributed by atoms with Gasteiger partial charge >= 0.3 is 0 Å². The summed E-state index contributed by atoms with van der Waals surface area (Å²) in [7, 11) is 5.93. The summed E-state index contributed by atoms with van der Waals surface area (Å²) in [6.45, 7) is 0. The summed E-state index contributed by atoms with van der Waals surface area (Å²) in [5.41, 5.74) is 5.01. The van der Waals surface area contributed by atoms with E-state index >= 15 is 0 Å². The predicted molar refractivity (Wildman–Crippen MR) is 112 cm³/mol. The lowest BCUT2D eigenvalue weighted by Gasteiger charge is -2.14. The highest BCUT2D eigenvalue weighted by atomic mass is 15.2. The number of hydrogen-bond donors (Lipinski definition) is 2. The van der Waals surface area contributed by atoms with Crippen LogP contribution in [-0.2, 0) is 0 Å². The van der Waals surface area contributed by atoms with Crippen LogP contribution in [0.2, 0.25) is 0 Å². The lowest BCUT2D eigenvalue weighted by atomic mass is 10.2. The summed E-state index contributed by atoms with van der Waals surface area (Å²) in [4.78, 5) is 11.3. The SMILES string of the molecule is CNc1nc2cnc(Nc3cccc(N(C)C)c3)cc2n1-c1ccccc1. The molecule has 0 aliphatic carbocycles. The summed E-state index contributed by atoms with van der Waals surface area (Å²) in [6.07, 6.45) is 1.80. The molecule has 6 nitrogen and oxygen atoms in total. The fourth-order valence-corrected chi connectivity index (χ4v) is 3.07. The van der Waals surface area contributed by atoms with Crippen molar-refractivity contribution in [1.29, 1.82) is 0 Å². The molecule has 0 aliphatic rings. The zero-order valence-electron chi connectivity index (χ0n) is 15.6. The van der Waals surface area contributed by atoms with Crippen LogP contribution in [0.15, 0.2) is 66.9 Å². The molecule has 0 unspecified atom stereocenters. The highest BCUT2D eigenvalue weighted by molar-refractivity contribution is 5.83. The summed E-state index contributed by atoms with van der Waals surface area (Å²) in [6, 6.07) is 20.4. The average Bonchev–Trinajstić information content (AvgIpc) is 3.06. The first-order chi connectivity index (χ1) is 13.2. The van der Waals surface area contributed by atoms with Gasteiger partial charge in [0, 0.05) is 44.3 Å². The van der Waals surface area contributed by atoms with Crippen LogP contribution in [-0.4, -0.2) is 35.7 Å². The van der Waals surface area contributed by atoms with Gasteiger partial charge in [-0.3, -0.25) is 4.57 Å². The Balaban J connectivity index is 1.77. The van der Waals surface area contributed by atoms with Gasteiger partial charge in [-0.05, 0) is 30.3 Å². The Labute approximate surface area is 158 Å². The van der Waals surface area contributed by atoms with Crippen molar-refractivity contribution in [2.24, 2.45) is 0 Å². The van der Waals surface area contributed by atoms with E-state index in [0.29, 0.717) is 0 Å². The second-order valence-electron chi connectivity index (χ2n) is 6.48. The second-order valence-corrected chi connectivity index (χ2v) is 6.48. The molecule has 0 saturated carbocycles. The first kappa shape index (κ1) is 16.9. The molecule has 0 aliphatic heterocycles. The van der Waals surface area contributed by atoms with Gasteiger partial charge < -0.3 is 15.5 Å². The number of benzene rings is 2. The first-order valence-corrected chi connectivity index (χ1v) is 8.82. The number of hydrogen-bond acceptors (Lipinski definition) is 5. The van der Waals surface area contributed by atoms with E-state index < -0.39 is 0 Å². The van der Waals surface area contributed by atoms with Crippen LogP contribution in [0, 0.1) is 0 Å². The summed E-state index contributed by atoms with van der Waals surface area (Å²) >= 11 is 0. The van der Waals surface area contributed by atoms with Crippen LogP contribution < -0.4 is 15.5 Å². The summed E-state index contributed by atoms with van der Waals surface area (Å²) in [5, 5.41) is 6.57. The molecular formula is C21H22N6. The standard InChI is InChI=1S/C21H22N6/c1-22-21-25-18-14-23-20(24-15-8-7-11-17(12-15)26(2)3)13-19(18)27(21)16-9-5-4-6-10-16/h4-14H,1-3H3,(H,22,25)(H,23,24).